The summed E-state index contributed by atoms with van der Waals surface area (Å²) >= 11 is 0. The fourth-order valence-electron chi connectivity index (χ4n) is 3.53. The molecular weight excluding hydrogens is 238 g/mol. The van der Waals surface area contributed by atoms with Crippen LogP contribution in [-0.4, -0.2) is 18.6 Å². The molecule has 1 aromatic carbocycles. The lowest BCUT2D eigenvalue weighted by Gasteiger charge is -2.22. The summed E-state index contributed by atoms with van der Waals surface area (Å²) in [5.41, 5.74) is 1.07. The number of aryl methyl sites for hydroxylation is 1. The highest BCUT2D eigenvalue weighted by Gasteiger charge is 2.40. The number of hydrogen-bond acceptors (Lipinski definition) is 2. The second-order valence-electron chi connectivity index (χ2n) is 5.90. The van der Waals surface area contributed by atoms with Crippen LogP contribution in [0.25, 0.3) is 0 Å². The third kappa shape index (κ3) is 2.75. The summed E-state index contributed by atoms with van der Waals surface area (Å²) < 4.78 is 5.58. The minimum atomic E-state index is 0.0146. The maximum atomic E-state index is 11.9. The second-order valence-corrected chi connectivity index (χ2v) is 5.90. The van der Waals surface area contributed by atoms with E-state index in [-0.39, 0.29) is 12.5 Å². The molecule has 3 unspecified atom stereocenters. The Hall–Kier alpha value is -1.51. The van der Waals surface area contributed by atoms with Crippen LogP contribution in [0.2, 0.25) is 0 Å². The van der Waals surface area contributed by atoms with Crippen LogP contribution in [0.15, 0.2) is 24.3 Å². The first-order chi connectivity index (χ1) is 9.22. The van der Waals surface area contributed by atoms with Gasteiger partial charge in [0.2, 0.25) is 0 Å². The van der Waals surface area contributed by atoms with Crippen LogP contribution in [0, 0.1) is 18.8 Å². The van der Waals surface area contributed by atoms with E-state index in [0.717, 1.165) is 17.2 Å². The molecular formula is C16H21NO2. The van der Waals surface area contributed by atoms with E-state index in [1.165, 1.54) is 25.7 Å². The molecule has 0 aromatic heterocycles. The number of carbonyl (C=O) groups is 1. The summed E-state index contributed by atoms with van der Waals surface area (Å²) in [6.45, 7) is 2.11. The molecule has 1 aromatic rings. The van der Waals surface area contributed by atoms with E-state index in [1.54, 1.807) is 0 Å². The van der Waals surface area contributed by atoms with Gasteiger partial charge < -0.3 is 10.1 Å². The molecule has 1 amide bonds. The minimum Gasteiger partial charge on any atom is -0.484 e. The maximum Gasteiger partial charge on any atom is 0.258 e. The zero-order valence-corrected chi connectivity index (χ0v) is 11.4. The number of hydrogen-bond donors (Lipinski definition) is 1. The predicted molar refractivity (Wildman–Crippen MR) is 74.1 cm³/mol. The van der Waals surface area contributed by atoms with Crippen molar-refractivity contribution in [1.29, 1.82) is 0 Å². The number of ether oxygens (including phenoxy) is 1. The molecule has 102 valence electrons. The average molecular weight is 259 g/mol. The van der Waals surface area contributed by atoms with Gasteiger partial charge in [-0.2, -0.15) is 0 Å². The van der Waals surface area contributed by atoms with Gasteiger partial charge in [-0.25, -0.2) is 0 Å². The lowest BCUT2D eigenvalue weighted by molar-refractivity contribution is -0.124. The van der Waals surface area contributed by atoms with E-state index in [4.69, 9.17) is 4.74 Å². The van der Waals surface area contributed by atoms with Gasteiger partial charge in [-0.15, -0.1) is 0 Å². The average Bonchev–Trinajstić information content (AvgIpc) is 3.00. The third-order valence-electron chi connectivity index (χ3n) is 4.54. The Kier molecular flexibility index (Phi) is 3.45. The highest BCUT2D eigenvalue weighted by molar-refractivity contribution is 5.78. The molecule has 3 heteroatoms. The molecule has 2 aliphatic carbocycles. The van der Waals surface area contributed by atoms with Crippen molar-refractivity contribution >= 4 is 5.91 Å². The van der Waals surface area contributed by atoms with E-state index in [2.05, 4.69) is 5.32 Å². The van der Waals surface area contributed by atoms with Gasteiger partial charge in [-0.05, 0) is 49.7 Å². The lowest BCUT2D eigenvalue weighted by atomic mass is 9.95. The first-order valence-electron chi connectivity index (χ1n) is 7.20. The second kappa shape index (κ2) is 5.24. The number of fused-ring (bicyclic) bond motifs is 2. The molecule has 2 fully saturated rings. The molecule has 2 bridgehead atoms. The molecule has 1 N–H and O–H groups in total. The van der Waals surface area contributed by atoms with Crippen LogP contribution in [0.1, 0.15) is 31.2 Å². The summed E-state index contributed by atoms with van der Waals surface area (Å²) in [5.74, 6) is 2.38. The Morgan fingerprint density at radius 2 is 2.16 bits per heavy atom. The van der Waals surface area contributed by atoms with Crippen molar-refractivity contribution in [2.24, 2.45) is 11.8 Å². The molecule has 3 rings (SSSR count). The van der Waals surface area contributed by atoms with Crippen molar-refractivity contribution < 1.29 is 9.53 Å². The van der Waals surface area contributed by atoms with E-state index in [0.29, 0.717) is 12.0 Å². The van der Waals surface area contributed by atoms with Gasteiger partial charge in [0.25, 0.3) is 5.91 Å². The Balaban J connectivity index is 1.48. The Bertz CT molecular complexity index is 472. The van der Waals surface area contributed by atoms with Crippen LogP contribution in [0.5, 0.6) is 5.75 Å². The van der Waals surface area contributed by atoms with Crippen molar-refractivity contribution in [3.05, 3.63) is 29.8 Å². The van der Waals surface area contributed by atoms with E-state index in [9.17, 15) is 4.79 Å². The SMILES string of the molecule is Cc1ccccc1OCC(=O)NC1CC2CCC1C2. The zero-order valence-electron chi connectivity index (χ0n) is 11.4. The highest BCUT2D eigenvalue weighted by atomic mass is 16.5. The van der Waals surface area contributed by atoms with Gasteiger partial charge in [-0.1, -0.05) is 24.6 Å². The smallest absolute Gasteiger partial charge is 0.258 e. The number of amides is 1. The van der Waals surface area contributed by atoms with Gasteiger partial charge >= 0.3 is 0 Å². The van der Waals surface area contributed by atoms with Crippen LogP contribution in [0.4, 0.5) is 0 Å². The monoisotopic (exact) mass is 259 g/mol. The number of benzene rings is 1. The highest BCUT2D eigenvalue weighted by Crippen LogP contribution is 2.44. The van der Waals surface area contributed by atoms with Crippen molar-refractivity contribution in [3.8, 4) is 5.75 Å². The normalized spacial score (nSPS) is 28.4. The van der Waals surface area contributed by atoms with Gasteiger partial charge in [0.1, 0.15) is 5.75 Å². The number of para-hydroxylation sites is 1. The van der Waals surface area contributed by atoms with Crippen molar-refractivity contribution in [1.82, 2.24) is 5.32 Å². The molecule has 3 nitrogen and oxygen atoms in total. The van der Waals surface area contributed by atoms with Gasteiger partial charge in [0.15, 0.2) is 6.61 Å². The molecule has 2 saturated carbocycles. The summed E-state index contributed by atoms with van der Waals surface area (Å²) in [6, 6.07) is 8.18. The van der Waals surface area contributed by atoms with E-state index < -0.39 is 0 Å². The Labute approximate surface area is 114 Å². The fourth-order valence-corrected chi connectivity index (χ4v) is 3.53. The van der Waals surface area contributed by atoms with E-state index in [1.807, 2.05) is 31.2 Å². The Morgan fingerprint density at radius 1 is 1.32 bits per heavy atom. The maximum absolute atomic E-state index is 11.9. The zero-order chi connectivity index (χ0) is 13.2. The molecule has 0 saturated heterocycles. The topological polar surface area (TPSA) is 38.3 Å². The standard InChI is InChI=1S/C16H21NO2/c1-11-4-2-3-5-15(11)19-10-16(18)17-14-9-12-6-7-13(14)8-12/h2-5,12-14H,6-10H2,1H3,(H,17,18). The summed E-state index contributed by atoms with van der Waals surface area (Å²) in [6.07, 6.45) is 5.12. The molecule has 0 radical (unpaired) electrons. The van der Waals surface area contributed by atoms with E-state index >= 15 is 0 Å². The minimum absolute atomic E-state index is 0.0146. The molecule has 0 aliphatic heterocycles. The van der Waals surface area contributed by atoms with Crippen LogP contribution >= 0.6 is 0 Å². The fraction of sp³-hybridized carbons (Fsp3) is 0.562. The predicted octanol–water partition coefficient (Wildman–Crippen LogP) is 2.68. The van der Waals surface area contributed by atoms with Crippen LogP contribution in [-0.2, 0) is 4.79 Å². The summed E-state index contributed by atoms with van der Waals surface area (Å²) in [4.78, 5) is 11.9. The Morgan fingerprint density at radius 3 is 2.84 bits per heavy atom. The lowest BCUT2D eigenvalue weighted by Crippen LogP contribution is -2.40. The summed E-state index contributed by atoms with van der Waals surface area (Å²) in [5, 5.41) is 3.14. The van der Waals surface area contributed by atoms with Gasteiger partial charge in [0, 0.05) is 6.04 Å². The van der Waals surface area contributed by atoms with Crippen LogP contribution < -0.4 is 10.1 Å². The van der Waals surface area contributed by atoms with Crippen molar-refractivity contribution in [3.63, 3.8) is 0 Å². The van der Waals surface area contributed by atoms with Gasteiger partial charge in [0.05, 0.1) is 0 Å². The molecule has 2 aliphatic rings. The summed E-state index contributed by atoms with van der Waals surface area (Å²) in [7, 11) is 0. The quantitative estimate of drug-likeness (QED) is 0.902. The van der Waals surface area contributed by atoms with Crippen LogP contribution in [0.3, 0.4) is 0 Å². The molecule has 19 heavy (non-hydrogen) atoms. The van der Waals surface area contributed by atoms with Gasteiger partial charge in [-0.3, -0.25) is 4.79 Å². The number of nitrogens with one attached hydrogen (secondary N) is 1. The number of carbonyl (C=O) groups excluding carboxylic acids is 1. The largest absolute Gasteiger partial charge is 0.484 e. The van der Waals surface area contributed by atoms with Crippen molar-refractivity contribution in [2.45, 2.75) is 38.6 Å². The first kappa shape index (κ1) is 12.5. The molecule has 3 atom stereocenters. The third-order valence-corrected chi connectivity index (χ3v) is 4.54. The molecule has 0 heterocycles. The molecule has 0 spiro atoms. The number of rotatable bonds is 4. The first-order valence-corrected chi connectivity index (χ1v) is 7.20. The van der Waals surface area contributed by atoms with Crippen molar-refractivity contribution in [2.75, 3.05) is 6.61 Å².